The fourth-order valence-corrected chi connectivity index (χ4v) is 4.78. The van der Waals surface area contributed by atoms with E-state index in [0.717, 1.165) is 0 Å². The van der Waals surface area contributed by atoms with Crippen LogP contribution in [0.15, 0.2) is 22.5 Å². The second kappa shape index (κ2) is 6.57. The summed E-state index contributed by atoms with van der Waals surface area (Å²) in [6.45, 7) is 2.81. The van der Waals surface area contributed by atoms with Crippen LogP contribution in [0.25, 0.3) is 0 Å². The molecule has 152 valence electrons. The monoisotopic (exact) mass is 392 g/mol. The molecule has 4 rings (SSSR count). The Bertz CT molecular complexity index is 821. The van der Waals surface area contributed by atoms with Crippen LogP contribution in [0.4, 0.5) is 4.79 Å². The van der Waals surface area contributed by atoms with Crippen LogP contribution in [0.2, 0.25) is 0 Å². The van der Waals surface area contributed by atoms with Crippen molar-refractivity contribution in [1.29, 1.82) is 0 Å². The lowest BCUT2D eigenvalue weighted by molar-refractivity contribution is -0.137. The van der Waals surface area contributed by atoms with Crippen LogP contribution in [0.5, 0.6) is 0 Å². The first-order chi connectivity index (χ1) is 13.4. The molecule has 3 aliphatic heterocycles. The molecule has 2 saturated heterocycles. The Balaban J connectivity index is 1.74. The van der Waals surface area contributed by atoms with Gasteiger partial charge in [0.2, 0.25) is 11.6 Å². The summed E-state index contributed by atoms with van der Waals surface area (Å²) in [6.07, 6.45) is -0.940. The van der Waals surface area contributed by atoms with E-state index < -0.39 is 17.7 Å². The van der Waals surface area contributed by atoms with Gasteiger partial charge in [-0.05, 0) is 6.92 Å². The number of fused-ring (bicyclic) bond motifs is 4. The molecule has 4 aliphatic rings. The number of amides is 1. The average molecular weight is 392 g/mol. The quantitative estimate of drug-likeness (QED) is 0.272. The van der Waals surface area contributed by atoms with Crippen molar-refractivity contribution in [2.45, 2.75) is 24.7 Å². The van der Waals surface area contributed by atoms with E-state index in [-0.39, 0.29) is 36.0 Å². The highest BCUT2D eigenvalue weighted by molar-refractivity contribution is 6.25. The molecule has 0 radical (unpaired) electrons. The van der Waals surface area contributed by atoms with Gasteiger partial charge in [-0.15, -0.1) is 0 Å². The lowest BCUT2D eigenvalue weighted by Crippen LogP contribution is -2.55. The standard InChI is InChI=1S/C18H24N4O6/c1-8-12(20-4-5-26-2)15(24)11-9(7-28-17(19)25)18(27-3)16-10(21-16)6-22(18)13(11)14(8)23/h9-10,16,20-21H,4-7H2,1-3H3,(H2,19,25)/t9-,10+,16+,18?/m0/s1. The molecule has 0 aromatic carbocycles. The fourth-order valence-electron chi connectivity index (χ4n) is 4.78. The number of nitrogens with zero attached hydrogens (tertiary/aromatic N) is 1. The summed E-state index contributed by atoms with van der Waals surface area (Å²) in [7, 11) is 3.10. The molecule has 28 heavy (non-hydrogen) atoms. The largest absolute Gasteiger partial charge is 0.449 e. The Hall–Kier alpha value is -2.43. The molecule has 1 aliphatic carbocycles. The summed E-state index contributed by atoms with van der Waals surface area (Å²) >= 11 is 0. The second-order valence-electron chi connectivity index (χ2n) is 7.34. The minimum absolute atomic E-state index is 0.0598. The van der Waals surface area contributed by atoms with Gasteiger partial charge in [0.25, 0.3) is 0 Å². The van der Waals surface area contributed by atoms with E-state index in [1.807, 2.05) is 4.90 Å². The van der Waals surface area contributed by atoms with E-state index >= 15 is 0 Å². The van der Waals surface area contributed by atoms with Crippen molar-refractivity contribution >= 4 is 17.7 Å². The Kier molecular flexibility index (Phi) is 4.44. The first kappa shape index (κ1) is 18.9. The average Bonchev–Trinajstić information content (AvgIpc) is 3.27. The highest BCUT2D eigenvalue weighted by Gasteiger charge is 2.72. The van der Waals surface area contributed by atoms with Gasteiger partial charge in [0, 0.05) is 44.5 Å². The van der Waals surface area contributed by atoms with Gasteiger partial charge >= 0.3 is 6.09 Å². The number of nitrogens with one attached hydrogen (secondary N) is 2. The summed E-state index contributed by atoms with van der Waals surface area (Å²) in [6, 6.07) is 0.105. The summed E-state index contributed by atoms with van der Waals surface area (Å²) in [5.74, 6) is -1.14. The smallest absolute Gasteiger partial charge is 0.404 e. The van der Waals surface area contributed by atoms with Crippen LogP contribution in [0.3, 0.4) is 0 Å². The summed E-state index contributed by atoms with van der Waals surface area (Å²) in [5.41, 5.74) is 5.46. The van der Waals surface area contributed by atoms with Gasteiger partial charge in [0.15, 0.2) is 5.72 Å². The number of allylic oxidation sites excluding steroid dienone is 2. The minimum Gasteiger partial charge on any atom is -0.449 e. The number of Topliss-reactive ketones (excluding diaryl/α,β-unsaturated/α-hetero) is 2. The number of carbonyl (C=O) groups excluding carboxylic acids is 3. The molecule has 4 atom stereocenters. The Morgan fingerprint density at radius 2 is 2.11 bits per heavy atom. The number of hydrogen-bond donors (Lipinski definition) is 3. The molecule has 0 spiro atoms. The number of carbonyl (C=O) groups is 3. The van der Waals surface area contributed by atoms with Gasteiger partial charge in [-0.1, -0.05) is 0 Å². The van der Waals surface area contributed by atoms with E-state index in [4.69, 9.17) is 19.9 Å². The summed E-state index contributed by atoms with van der Waals surface area (Å²) in [5, 5.41) is 6.33. The fraction of sp³-hybridized carbons (Fsp3) is 0.611. The zero-order chi connectivity index (χ0) is 20.2. The minimum atomic E-state index is -0.960. The molecule has 0 bridgehead atoms. The third-order valence-electron chi connectivity index (χ3n) is 6.04. The Labute approximate surface area is 162 Å². The van der Waals surface area contributed by atoms with Crippen molar-refractivity contribution in [1.82, 2.24) is 15.5 Å². The third-order valence-corrected chi connectivity index (χ3v) is 6.04. The van der Waals surface area contributed by atoms with Crippen molar-refractivity contribution in [2.24, 2.45) is 11.7 Å². The zero-order valence-electron chi connectivity index (χ0n) is 16.0. The maximum absolute atomic E-state index is 13.4. The number of primary amides is 1. The van der Waals surface area contributed by atoms with E-state index in [1.54, 1.807) is 14.0 Å². The molecular formula is C18H24N4O6. The molecule has 0 aromatic heterocycles. The number of hydrogen-bond acceptors (Lipinski definition) is 9. The zero-order valence-corrected chi connectivity index (χ0v) is 16.0. The molecular weight excluding hydrogens is 368 g/mol. The summed E-state index contributed by atoms with van der Waals surface area (Å²) in [4.78, 5) is 39.7. The predicted molar refractivity (Wildman–Crippen MR) is 95.8 cm³/mol. The van der Waals surface area contributed by atoms with Crippen molar-refractivity contribution in [3.8, 4) is 0 Å². The van der Waals surface area contributed by atoms with Crippen molar-refractivity contribution in [2.75, 3.05) is 40.5 Å². The number of ether oxygens (including phenoxy) is 3. The Morgan fingerprint density at radius 1 is 1.36 bits per heavy atom. The number of methoxy groups -OCH3 is 2. The number of piperazine rings is 1. The molecule has 10 nitrogen and oxygen atoms in total. The second-order valence-corrected chi connectivity index (χ2v) is 7.34. The van der Waals surface area contributed by atoms with Gasteiger partial charge in [-0.2, -0.15) is 0 Å². The first-order valence-corrected chi connectivity index (χ1v) is 9.16. The lowest BCUT2D eigenvalue weighted by Gasteiger charge is -2.39. The van der Waals surface area contributed by atoms with E-state index in [1.165, 1.54) is 7.11 Å². The van der Waals surface area contributed by atoms with E-state index in [2.05, 4.69) is 10.6 Å². The van der Waals surface area contributed by atoms with Gasteiger partial charge in [0.1, 0.15) is 6.61 Å². The van der Waals surface area contributed by atoms with E-state index in [9.17, 15) is 14.4 Å². The molecule has 1 unspecified atom stereocenters. The molecule has 0 saturated carbocycles. The van der Waals surface area contributed by atoms with Crippen LogP contribution >= 0.6 is 0 Å². The molecule has 0 aromatic rings. The maximum Gasteiger partial charge on any atom is 0.404 e. The number of rotatable bonds is 7. The van der Waals surface area contributed by atoms with Crippen molar-refractivity contribution in [3.63, 3.8) is 0 Å². The van der Waals surface area contributed by atoms with Crippen LogP contribution < -0.4 is 16.4 Å². The van der Waals surface area contributed by atoms with Crippen LogP contribution in [0, 0.1) is 5.92 Å². The first-order valence-electron chi connectivity index (χ1n) is 9.16. The number of nitrogens with two attached hydrogens (primary N) is 1. The molecule has 3 heterocycles. The van der Waals surface area contributed by atoms with Gasteiger partial charge in [-0.25, -0.2) is 4.79 Å². The molecule has 2 fully saturated rings. The highest BCUT2D eigenvalue weighted by atomic mass is 16.6. The molecule has 10 heteroatoms. The lowest BCUT2D eigenvalue weighted by atomic mass is 9.82. The molecule has 1 amide bonds. The topological polar surface area (TPSA) is 142 Å². The Morgan fingerprint density at radius 3 is 2.75 bits per heavy atom. The van der Waals surface area contributed by atoms with Crippen molar-refractivity contribution in [3.05, 3.63) is 22.5 Å². The van der Waals surface area contributed by atoms with Crippen LogP contribution in [-0.4, -0.2) is 80.9 Å². The molecule has 4 N–H and O–H groups in total. The SMILES string of the molecule is COCCNC1=C(C)C(=O)C2=C(C1=O)[C@H](COC(N)=O)C1(OC)[C@@H]3N[C@@H]3CN21. The normalized spacial score (nSPS) is 33.1. The highest BCUT2D eigenvalue weighted by Crippen LogP contribution is 2.55. The van der Waals surface area contributed by atoms with Gasteiger partial charge in [-0.3, -0.25) is 9.59 Å². The van der Waals surface area contributed by atoms with E-state index in [0.29, 0.717) is 36.5 Å². The van der Waals surface area contributed by atoms with Gasteiger partial charge in [0.05, 0.1) is 30.0 Å². The maximum atomic E-state index is 13.4. The van der Waals surface area contributed by atoms with Crippen LogP contribution in [-0.2, 0) is 23.8 Å². The summed E-state index contributed by atoms with van der Waals surface area (Å²) < 4.78 is 16.0. The number of ketones is 2. The van der Waals surface area contributed by atoms with Crippen LogP contribution in [0.1, 0.15) is 6.92 Å². The third kappa shape index (κ3) is 2.41. The van der Waals surface area contributed by atoms with Gasteiger partial charge < -0.3 is 35.5 Å². The predicted octanol–water partition coefficient (Wildman–Crippen LogP) is -1.37. The van der Waals surface area contributed by atoms with Crippen molar-refractivity contribution < 1.29 is 28.6 Å².